The average molecular weight is 298 g/mol. The minimum atomic E-state index is -0.935. The molecule has 0 spiro atoms. The standard InChI is InChI=1S/C6H8O2.C5H8O2.C4H6O2/c1-3-5-6(7)8-4-2;1-3-5(6)7-4-2;1-3(2)4(5)6/h3-5H,2H2,1H3;3H,1,4H2,2H3;1H2,2H3,(H,5,6)/b5-3+;;. The molecule has 6 nitrogen and oxygen atoms in total. The Bertz CT molecular complexity index is 381. The summed E-state index contributed by atoms with van der Waals surface area (Å²) in [7, 11) is 0. The molecule has 0 radical (unpaired) electrons. The summed E-state index contributed by atoms with van der Waals surface area (Å²) in [6.45, 7) is 14.9. The third kappa shape index (κ3) is 26.8. The van der Waals surface area contributed by atoms with Crippen molar-refractivity contribution in [1.29, 1.82) is 0 Å². The zero-order valence-electron chi connectivity index (χ0n) is 12.6. The molecule has 0 aliphatic rings. The summed E-state index contributed by atoms with van der Waals surface area (Å²) in [5.41, 5.74) is 0.176. The minimum Gasteiger partial charge on any atom is -0.478 e. The molecule has 118 valence electrons. The fourth-order valence-corrected chi connectivity index (χ4v) is 0.459. The molecule has 0 amide bonds. The van der Waals surface area contributed by atoms with Gasteiger partial charge in [-0.15, -0.1) is 0 Å². The number of ether oxygens (including phenoxy) is 2. The van der Waals surface area contributed by atoms with E-state index in [0.29, 0.717) is 6.61 Å². The highest BCUT2D eigenvalue weighted by atomic mass is 16.5. The van der Waals surface area contributed by atoms with Gasteiger partial charge >= 0.3 is 17.9 Å². The molecule has 0 bridgehead atoms. The van der Waals surface area contributed by atoms with Crippen LogP contribution in [0.2, 0.25) is 0 Å². The van der Waals surface area contributed by atoms with Crippen molar-refractivity contribution < 1.29 is 29.0 Å². The molecule has 0 saturated carbocycles. The Morgan fingerprint density at radius 3 is 1.86 bits per heavy atom. The highest BCUT2D eigenvalue weighted by molar-refractivity contribution is 5.84. The van der Waals surface area contributed by atoms with Gasteiger partial charge in [-0.1, -0.05) is 25.8 Å². The van der Waals surface area contributed by atoms with Gasteiger partial charge in [0, 0.05) is 17.7 Å². The average Bonchev–Trinajstić information content (AvgIpc) is 2.41. The minimum absolute atomic E-state index is 0.176. The Morgan fingerprint density at radius 2 is 1.67 bits per heavy atom. The second-order valence-corrected chi connectivity index (χ2v) is 3.15. The van der Waals surface area contributed by atoms with Crippen LogP contribution in [0.4, 0.5) is 0 Å². The molecule has 0 unspecified atom stereocenters. The number of rotatable bonds is 5. The number of hydrogen-bond acceptors (Lipinski definition) is 5. The van der Waals surface area contributed by atoms with Gasteiger partial charge in [0.05, 0.1) is 12.9 Å². The van der Waals surface area contributed by atoms with E-state index < -0.39 is 5.97 Å². The number of aliphatic carboxylic acids is 1. The van der Waals surface area contributed by atoms with Crippen LogP contribution in [-0.4, -0.2) is 29.6 Å². The van der Waals surface area contributed by atoms with Gasteiger partial charge in [-0.2, -0.15) is 0 Å². The number of carboxylic acid groups (broad SMARTS) is 1. The van der Waals surface area contributed by atoms with Crippen LogP contribution >= 0.6 is 0 Å². The number of allylic oxidation sites excluding steroid dienone is 1. The van der Waals surface area contributed by atoms with Crippen molar-refractivity contribution in [3.8, 4) is 0 Å². The Morgan fingerprint density at radius 1 is 1.19 bits per heavy atom. The first-order valence-corrected chi connectivity index (χ1v) is 5.88. The van der Waals surface area contributed by atoms with E-state index in [1.807, 2.05) is 0 Å². The summed E-state index contributed by atoms with van der Waals surface area (Å²) in [5.74, 6) is -1.68. The van der Waals surface area contributed by atoms with Crippen LogP contribution in [0.25, 0.3) is 0 Å². The smallest absolute Gasteiger partial charge is 0.335 e. The molecule has 0 aromatic rings. The Labute approximate surface area is 125 Å². The van der Waals surface area contributed by atoms with Crippen molar-refractivity contribution in [3.05, 3.63) is 49.8 Å². The third-order valence-corrected chi connectivity index (χ3v) is 1.32. The third-order valence-electron chi connectivity index (χ3n) is 1.32. The lowest BCUT2D eigenvalue weighted by molar-refractivity contribution is -0.137. The highest BCUT2D eigenvalue weighted by Gasteiger charge is 1.90. The van der Waals surface area contributed by atoms with Crippen LogP contribution in [0.3, 0.4) is 0 Å². The highest BCUT2D eigenvalue weighted by Crippen LogP contribution is 1.81. The van der Waals surface area contributed by atoms with Gasteiger partial charge in [0.15, 0.2) is 0 Å². The van der Waals surface area contributed by atoms with Gasteiger partial charge in [0.2, 0.25) is 0 Å². The molecule has 1 N–H and O–H groups in total. The molecule has 0 aliphatic carbocycles. The zero-order valence-corrected chi connectivity index (χ0v) is 12.6. The lowest BCUT2D eigenvalue weighted by Gasteiger charge is -1.90. The summed E-state index contributed by atoms with van der Waals surface area (Å²) < 4.78 is 8.75. The molecular formula is C15H22O6. The molecular weight excluding hydrogens is 276 g/mol. The van der Waals surface area contributed by atoms with Crippen molar-refractivity contribution in [1.82, 2.24) is 0 Å². The zero-order chi connectivity index (χ0) is 17.3. The van der Waals surface area contributed by atoms with E-state index in [4.69, 9.17) is 5.11 Å². The SMILES string of the molecule is C=C(C)C(=O)O.C=CC(=O)OCC.C=COC(=O)/C=C/C. The van der Waals surface area contributed by atoms with E-state index in [2.05, 4.69) is 29.2 Å². The van der Waals surface area contributed by atoms with E-state index >= 15 is 0 Å². The van der Waals surface area contributed by atoms with Crippen LogP contribution in [0, 0.1) is 0 Å². The van der Waals surface area contributed by atoms with Gasteiger partial charge in [-0.05, 0) is 20.8 Å². The van der Waals surface area contributed by atoms with Crippen molar-refractivity contribution in [2.45, 2.75) is 20.8 Å². The van der Waals surface area contributed by atoms with Gasteiger partial charge in [0.1, 0.15) is 0 Å². The van der Waals surface area contributed by atoms with E-state index in [1.165, 1.54) is 13.0 Å². The molecule has 0 atom stereocenters. The lowest BCUT2D eigenvalue weighted by Crippen LogP contribution is -1.97. The molecule has 0 aromatic carbocycles. The molecule has 0 aliphatic heterocycles. The first-order chi connectivity index (χ1) is 9.76. The second-order valence-electron chi connectivity index (χ2n) is 3.15. The van der Waals surface area contributed by atoms with Gasteiger partial charge in [0.25, 0.3) is 0 Å². The topological polar surface area (TPSA) is 89.9 Å². The van der Waals surface area contributed by atoms with Crippen molar-refractivity contribution in [2.24, 2.45) is 0 Å². The van der Waals surface area contributed by atoms with Crippen molar-refractivity contribution in [3.63, 3.8) is 0 Å². The lowest BCUT2D eigenvalue weighted by atomic mass is 10.4. The van der Waals surface area contributed by atoms with Crippen LogP contribution in [0.1, 0.15) is 20.8 Å². The van der Waals surface area contributed by atoms with Crippen LogP contribution in [-0.2, 0) is 23.9 Å². The number of carboxylic acids is 1. The Balaban J connectivity index is -0.000000234. The number of carbonyl (C=O) groups is 3. The van der Waals surface area contributed by atoms with E-state index in [9.17, 15) is 14.4 Å². The maximum absolute atomic E-state index is 10.3. The fraction of sp³-hybridized carbons (Fsp3) is 0.267. The summed E-state index contributed by atoms with van der Waals surface area (Å²) in [5, 5.41) is 7.89. The number of esters is 2. The predicted octanol–water partition coefficient (Wildman–Crippen LogP) is 2.63. The van der Waals surface area contributed by atoms with E-state index in [-0.39, 0.29) is 17.5 Å². The van der Waals surface area contributed by atoms with Crippen LogP contribution in [0.15, 0.2) is 49.8 Å². The van der Waals surface area contributed by atoms with Gasteiger partial charge in [-0.25, -0.2) is 14.4 Å². The normalized spacial score (nSPS) is 8.14. The second kappa shape index (κ2) is 17.4. The molecule has 0 fully saturated rings. The molecule has 21 heavy (non-hydrogen) atoms. The van der Waals surface area contributed by atoms with Crippen LogP contribution in [0.5, 0.6) is 0 Å². The maximum Gasteiger partial charge on any atom is 0.335 e. The molecule has 6 heteroatoms. The first-order valence-electron chi connectivity index (χ1n) is 5.88. The Kier molecular flexibility index (Phi) is 19.4. The summed E-state index contributed by atoms with van der Waals surface area (Å²) in [6, 6.07) is 0. The number of hydrogen-bond donors (Lipinski definition) is 1. The van der Waals surface area contributed by atoms with Crippen LogP contribution < -0.4 is 0 Å². The molecule has 0 aromatic heterocycles. The molecule has 0 rings (SSSR count). The Hall–Kier alpha value is -2.63. The molecule has 0 saturated heterocycles. The quantitative estimate of drug-likeness (QED) is 0.476. The summed E-state index contributed by atoms with van der Waals surface area (Å²) >= 11 is 0. The molecule has 0 heterocycles. The largest absolute Gasteiger partial charge is 0.478 e. The maximum atomic E-state index is 10.3. The van der Waals surface area contributed by atoms with E-state index in [1.54, 1.807) is 19.9 Å². The van der Waals surface area contributed by atoms with Crippen molar-refractivity contribution >= 4 is 17.9 Å². The first kappa shape index (κ1) is 23.5. The summed E-state index contributed by atoms with van der Waals surface area (Å²) in [6.07, 6.45) is 5.17. The monoisotopic (exact) mass is 298 g/mol. The predicted molar refractivity (Wildman–Crippen MR) is 80.4 cm³/mol. The van der Waals surface area contributed by atoms with Gasteiger partial charge < -0.3 is 14.6 Å². The summed E-state index contributed by atoms with van der Waals surface area (Å²) in [4.78, 5) is 29.9. The van der Waals surface area contributed by atoms with E-state index in [0.717, 1.165) is 12.3 Å². The fourth-order valence-electron chi connectivity index (χ4n) is 0.459. The van der Waals surface area contributed by atoms with Gasteiger partial charge in [-0.3, -0.25) is 0 Å². The number of carbonyl (C=O) groups excluding carboxylic acids is 2. The van der Waals surface area contributed by atoms with Crippen molar-refractivity contribution in [2.75, 3.05) is 6.61 Å².